The number of nitrogens with one attached hydrogen (secondary N) is 1. The highest BCUT2D eigenvalue weighted by atomic mass is 79.9. The van der Waals surface area contributed by atoms with Crippen molar-refractivity contribution in [3.05, 3.63) is 105 Å². The van der Waals surface area contributed by atoms with Crippen LogP contribution in [-0.2, 0) is 0 Å². The molecule has 3 aromatic carbocycles. The molecular formula is C25H18BrNO3. The van der Waals surface area contributed by atoms with E-state index in [0.29, 0.717) is 16.8 Å². The van der Waals surface area contributed by atoms with Crippen molar-refractivity contribution < 1.29 is 9.53 Å². The van der Waals surface area contributed by atoms with Crippen LogP contribution in [-0.4, -0.2) is 17.9 Å². The molecule has 0 unspecified atom stereocenters. The SMILES string of the molecule is COc1ccccc1/C=C/C(=O)c1c(-c2ccccc2)c2cc(Br)ccc2[nH]c1=O. The molecule has 4 nitrogen and oxygen atoms in total. The molecule has 1 N–H and O–H groups in total. The molecule has 4 rings (SSSR count). The smallest absolute Gasteiger partial charge is 0.260 e. The number of fused-ring (bicyclic) bond motifs is 1. The average Bonchev–Trinajstić information content (AvgIpc) is 2.77. The van der Waals surface area contributed by atoms with Crippen LogP contribution in [0.25, 0.3) is 28.1 Å². The molecule has 0 atom stereocenters. The third-order valence-corrected chi connectivity index (χ3v) is 5.33. The maximum atomic E-state index is 13.2. The molecule has 5 heteroatoms. The summed E-state index contributed by atoms with van der Waals surface area (Å²) in [5.74, 6) is 0.282. The summed E-state index contributed by atoms with van der Waals surface area (Å²) in [4.78, 5) is 29.0. The quantitative estimate of drug-likeness (QED) is 0.300. The fourth-order valence-corrected chi connectivity index (χ4v) is 3.82. The summed E-state index contributed by atoms with van der Waals surface area (Å²) in [7, 11) is 1.58. The number of ether oxygens (including phenoxy) is 1. The van der Waals surface area contributed by atoms with Gasteiger partial charge in [-0.25, -0.2) is 0 Å². The van der Waals surface area contributed by atoms with E-state index in [1.165, 1.54) is 6.08 Å². The minimum atomic E-state index is -0.418. The van der Waals surface area contributed by atoms with Crippen LogP contribution in [0.3, 0.4) is 0 Å². The summed E-state index contributed by atoms with van der Waals surface area (Å²) in [5.41, 5.74) is 2.55. The zero-order valence-electron chi connectivity index (χ0n) is 16.2. The van der Waals surface area contributed by atoms with Gasteiger partial charge in [0.1, 0.15) is 5.75 Å². The molecule has 0 aliphatic heterocycles. The number of aromatic amines is 1. The number of allylic oxidation sites excluding steroid dienone is 1. The Morgan fingerprint density at radius 2 is 1.73 bits per heavy atom. The lowest BCUT2D eigenvalue weighted by Gasteiger charge is -2.12. The van der Waals surface area contributed by atoms with Gasteiger partial charge in [0.05, 0.1) is 12.7 Å². The molecule has 0 aliphatic carbocycles. The summed E-state index contributed by atoms with van der Waals surface area (Å²) >= 11 is 3.49. The van der Waals surface area contributed by atoms with E-state index < -0.39 is 5.56 Å². The van der Waals surface area contributed by atoms with Gasteiger partial charge in [0.25, 0.3) is 5.56 Å². The topological polar surface area (TPSA) is 59.2 Å². The molecule has 0 amide bonds. The summed E-state index contributed by atoms with van der Waals surface area (Å²) in [6, 6.07) is 22.5. The Morgan fingerprint density at radius 1 is 1.00 bits per heavy atom. The van der Waals surface area contributed by atoms with Crippen molar-refractivity contribution in [1.82, 2.24) is 4.98 Å². The van der Waals surface area contributed by atoms with Crippen molar-refractivity contribution in [3.63, 3.8) is 0 Å². The van der Waals surface area contributed by atoms with Gasteiger partial charge in [-0.2, -0.15) is 0 Å². The molecule has 0 spiro atoms. The fourth-order valence-electron chi connectivity index (χ4n) is 3.46. The Hall–Kier alpha value is -3.44. The molecule has 0 saturated heterocycles. The van der Waals surface area contributed by atoms with E-state index in [4.69, 9.17) is 4.74 Å². The van der Waals surface area contributed by atoms with Crippen LogP contribution in [0.4, 0.5) is 0 Å². The van der Waals surface area contributed by atoms with Crippen molar-refractivity contribution in [2.75, 3.05) is 7.11 Å². The molecule has 30 heavy (non-hydrogen) atoms. The number of methoxy groups -OCH3 is 1. The van der Waals surface area contributed by atoms with Crippen LogP contribution in [0.2, 0.25) is 0 Å². The maximum Gasteiger partial charge on any atom is 0.260 e. The van der Waals surface area contributed by atoms with Gasteiger partial charge in [-0.05, 0) is 42.0 Å². The lowest BCUT2D eigenvalue weighted by Crippen LogP contribution is -2.18. The van der Waals surface area contributed by atoms with E-state index in [9.17, 15) is 9.59 Å². The van der Waals surface area contributed by atoms with Crippen molar-refractivity contribution in [1.29, 1.82) is 0 Å². The summed E-state index contributed by atoms with van der Waals surface area (Å²) in [5, 5.41) is 0.796. The molecule has 148 valence electrons. The van der Waals surface area contributed by atoms with Crippen LogP contribution in [0.15, 0.2) is 88.1 Å². The standard InChI is InChI=1S/C25H18BrNO3/c1-30-22-10-6-5-7-16(22)11-14-21(28)24-23(17-8-3-2-4-9-17)19-15-18(26)12-13-20(19)27-25(24)29/h2-15H,1H3,(H,27,29)/b14-11+. The highest BCUT2D eigenvalue weighted by Crippen LogP contribution is 2.32. The van der Waals surface area contributed by atoms with Gasteiger partial charge >= 0.3 is 0 Å². The van der Waals surface area contributed by atoms with Gasteiger partial charge in [-0.15, -0.1) is 0 Å². The predicted octanol–water partition coefficient (Wildman–Crippen LogP) is 5.86. The molecule has 0 radical (unpaired) electrons. The number of aromatic nitrogens is 1. The lowest BCUT2D eigenvalue weighted by molar-refractivity contribution is 0.104. The van der Waals surface area contributed by atoms with Gasteiger partial charge in [-0.1, -0.05) is 64.5 Å². The number of hydrogen-bond donors (Lipinski definition) is 1. The van der Waals surface area contributed by atoms with E-state index in [-0.39, 0.29) is 11.3 Å². The number of halogens is 1. The number of H-pyrrole nitrogens is 1. The lowest BCUT2D eigenvalue weighted by atomic mass is 9.94. The van der Waals surface area contributed by atoms with Gasteiger partial charge in [0.2, 0.25) is 0 Å². The summed E-state index contributed by atoms with van der Waals surface area (Å²) in [6.45, 7) is 0. The first-order valence-corrected chi connectivity index (χ1v) is 10.1. The molecule has 1 aromatic heterocycles. The molecule has 0 bridgehead atoms. The van der Waals surface area contributed by atoms with Crippen molar-refractivity contribution in [2.24, 2.45) is 0 Å². The van der Waals surface area contributed by atoms with Crippen LogP contribution in [0.5, 0.6) is 5.75 Å². The van der Waals surface area contributed by atoms with E-state index in [0.717, 1.165) is 21.0 Å². The Labute approximate surface area is 182 Å². The number of pyridine rings is 1. The van der Waals surface area contributed by atoms with Crippen LogP contribution < -0.4 is 10.3 Å². The first kappa shape index (κ1) is 19.9. The second-order valence-corrected chi connectivity index (χ2v) is 7.62. The number of hydrogen-bond acceptors (Lipinski definition) is 3. The second-order valence-electron chi connectivity index (χ2n) is 6.70. The first-order valence-electron chi connectivity index (χ1n) is 9.35. The van der Waals surface area contributed by atoms with Crippen LogP contribution >= 0.6 is 15.9 Å². The van der Waals surface area contributed by atoms with Crippen LogP contribution in [0.1, 0.15) is 15.9 Å². The van der Waals surface area contributed by atoms with Crippen molar-refractivity contribution in [2.45, 2.75) is 0 Å². The highest BCUT2D eigenvalue weighted by molar-refractivity contribution is 9.10. The van der Waals surface area contributed by atoms with E-state index >= 15 is 0 Å². The minimum Gasteiger partial charge on any atom is -0.496 e. The number of carbonyl (C=O) groups excluding carboxylic acids is 1. The summed E-state index contributed by atoms with van der Waals surface area (Å²) in [6.07, 6.45) is 3.08. The number of para-hydroxylation sites is 1. The Morgan fingerprint density at radius 3 is 2.50 bits per heavy atom. The van der Waals surface area contributed by atoms with Gasteiger partial charge in [0.15, 0.2) is 5.78 Å². The molecule has 1 heterocycles. The van der Waals surface area contributed by atoms with Crippen LogP contribution in [0, 0.1) is 0 Å². The molecule has 0 saturated carbocycles. The molecule has 0 aliphatic rings. The fraction of sp³-hybridized carbons (Fsp3) is 0.0400. The molecule has 4 aromatic rings. The minimum absolute atomic E-state index is 0.109. The van der Waals surface area contributed by atoms with Gasteiger partial charge in [-0.3, -0.25) is 9.59 Å². The Balaban J connectivity index is 1.92. The zero-order chi connectivity index (χ0) is 21.1. The normalized spacial score (nSPS) is 11.1. The Kier molecular flexibility index (Phi) is 5.63. The largest absolute Gasteiger partial charge is 0.496 e. The Bertz CT molecular complexity index is 1320. The maximum absolute atomic E-state index is 13.2. The third kappa shape index (κ3) is 3.84. The van der Waals surface area contributed by atoms with E-state index in [1.54, 1.807) is 13.2 Å². The predicted molar refractivity (Wildman–Crippen MR) is 124 cm³/mol. The number of benzene rings is 3. The van der Waals surface area contributed by atoms with Crippen molar-refractivity contribution >= 4 is 38.7 Å². The van der Waals surface area contributed by atoms with E-state index in [2.05, 4.69) is 20.9 Å². The van der Waals surface area contributed by atoms with Gasteiger partial charge < -0.3 is 9.72 Å². The van der Waals surface area contributed by atoms with E-state index in [1.807, 2.05) is 72.8 Å². The average molecular weight is 460 g/mol. The first-order chi connectivity index (χ1) is 14.6. The summed E-state index contributed by atoms with van der Waals surface area (Å²) < 4.78 is 6.20. The zero-order valence-corrected chi connectivity index (χ0v) is 17.8. The monoisotopic (exact) mass is 459 g/mol. The molecular weight excluding hydrogens is 442 g/mol. The number of ketones is 1. The number of carbonyl (C=O) groups is 1. The third-order valence-electron chi connectivity index (χ3n) is 4.84. The van der Waals surface area contributed by atoms with Crippen molar-refractivity contribution in [3.8, 4) is 16.9 Å². The number of rotatable bonds is 5. The second kappa shape index (κ2) is 8.51. The highest BCUT2D eigenvalue weighted by Gasteiger charge is 2.19. The molecule has 0 fully saturated rings. The van der Waals surface area contributed by atoms with Gasteiger partial charge in [0, 0.05) is 26.5 Å².